The zero-order valence-corrected chi connectivity index (χ0v) is 23.8. The third kappa shape index (κ3) is 4.04. The fourth-order valence-corrected chi connectivity index (χ4v) is 6.43. The van der Waals surface area contributed by atoms with Crippen LogP contribution in [0.2, 0.25) is 0 Å². The molecule has 2 nitrogen and oxygen atoms in total. The van der Waals surface area contributed by atoms with E-state index in [1.54, 1.807) is 0 Å². The maximum absolute atomic E-state index is 6.55. The quantitative estimate of drug-likeness (QED) is 0.213. The lowest BCUT2D eigenvalue weighted by Crippen LogP contribution is -1.80. The molecule has 0 aliphatic carbocycles. The second-order valence-electron chi connectivity index (χ2n) is 11.3. The van der Waals surface area contributed by atoms with Gasteiger partial charge < -0.3 is 8.83 Å². The van der Waals surface area contributed by atoms with Gasteiger partial charge in [0.05, 0.1) is 5.39 Å². The maximum Gasteiger partial charge on any atom is 0.147 e. The third-order valence-corrected chi connectivity index (χ3v) is 8.72. The van der Waals surface area contributed by atoms with Crippen molar-refractivity contribution in [2.75, 3.05) is 0 Å². The molecule has 2 aromatic heterocycles. The van der Waals surface area contributed by atoms with Crippen molar-refractivity contribution in [3.05, 3.63) is 158 Å². The molecule has 0 N–H and O–H groups in total. The van der Waals surface area contributed by atoms with Gasteiger partial charge in [-0.25, -0.2) is 0 Å². The van der Waals surface area contributed by atoms with E-state index in [-0.39, 0.29) is 0 Å². The van der Waals surface area contributed by atoms with Gasteiger partial charge in [-0.2, -0.15) is 0 Å². The Morgan fingerprint density at radius 2 is 0.682 bits per heavy atom. The number of furan rings is 2. The number of hydrogen-bond acceptors (Lipinski definition) is 2. The van der Waals surface area contributed by atoms with E-state index >= 15 is 0 Å². The molecule has 0 spiro atoms. The van der Waals surface area contributed by atoms with Crippen LogP contribution in [-0.2, 0) is 0 Å². The smallest absolute Gasteiger partial charge is 0.147 e. The number of fused-ring (bicyclic) bond motifs is 7. The molecule has 0 fully saturated rings. The Hall–Kier alpha value is -5.86. The standard InChI is InChI=1S/C42H26O2/c1-3-7-27(8-4-1)29-11-15-31(16-12-29)33-19-22-38-36(25-33)35-21-24-40-41(42(35)44-38)37-26-34(20-23-39(37)43-40)32-17-13-30(14-18-32)28-9-5-2-6-10-28/h1-26H. The molecular weight excluding hydrogens is 536 g/mol. The van der Waals surface area contributed by atoms with Gasteiger partial charge in [0, 0.05) is 16.2 Å². The van der Waals surface area contributed by atoms with Crippen molar-refractivity contribution in [3.63, 3.8) is 0 Å². The van der Waals surface area contributed by atoms with Crippen LogP contribution in [0.25, 0.3) is 88.4 Å². The highest BCUT2D eigenvalue weighted by atomic mass is 16.3. The molecular formula is C42H26O2. The summed E-state index contributed by atoms with van der Waals surface area (Å²) in [5.74, 6) is 0. The fraction of sp³-hybridized carbons (Fsp3) is 0. The molecule has 0 bridgehead atoms. The summed E-state index contributed by atoms with van der Waals surface area (Å²) in [6.07, 6.45) is 0. The van der Waals surface area contributed by atoms with E-state index in [0.717, 1.165) is 55.0 Å². The Balaban J connectivity index is 1.13. The molecule has 0 unspecified atom stereocenters. The Labute approximate surface area is 254 Å². The Bertz CT molecular complexity index is 2450. The van der Waals surface area contributed by atoms with Crippen molar-refractivity contribution in [2.45, 2.75) is 0 Å². The lowest BCUT2D eigenvalue weighted by atomic mass is 9.98. The molecule has 44 heavy (non-hydrogen) atoms. The zero-order chi connectivity index (χ0) is 29.0. The molecule has 2 heterocycles. The van der Waals surface area contributed by atoms with Crippen molar-refractivity contribution >= 4 is 43.9 Å². The van der Waals surface area contributed by atoms with Gasteiger partial charge >= 0.3 is 0 Å². The summed E-state index contributed by atoms with van der Waals surface area (Å²) in [5.41, 5.74) is 12.9. The number of hydrogen-bond donors (Lipinski definition) is 0. The van der Waals surface area contributed by atoms with Gasteiger partial charge in [0.25, 0.3) is 0 Å². The summed E-state index contributed by atoms with van der Waals surface area (Å²) >= 11 is 0. The largest absolute Gasteiger partial charge is 0.456 e. The highest BCUT2D eigenvalue weighted by Crippen LogP contribution is 2.41. The van der Waals surface area contributed by atoms with Crippen molar-refractivity contribution in [1.82, 2.24) is 0 Å². The monoisotopic (exact) mass is 562 g/mol. The first kappa shape index (κ1) is 24.7. The highest BCUT2D eigenvalue weighted by Gasteiger charge is 2.17. The second-order valence-corrected chi connectivity index (χ2v) is 11.3. The average molecular weight is 563 g/mol. The van der Waals surface area contributed by atoms with E-state index in [1.165, 1.54) is 33.4 Å². The maximum atomic E-state index is 6.55. The zero-order valence-electron chi connectivity index (χ0n) is 23.8. The number of rotatable bonds is 4. The van der Waals surface area contributed by atoms with E-state index in [9.17, 15) is 0 Å². The molecule has 0 aliphatic rings. The summed E-state index contributed by atoms with van der Waals surface area (Å²) in [6, 6.07) is 55.6. The van der Waals surface area contributed by atoms with Crippen LogP contribution in [0, 0.1) is 0 Å². The molecule has 0 saturated heterocycles. The van der Waals surface area contributed by atoms with Crippen LogP contribution < -0.4 is 0 Å². The van der Waals surface area contributed by atoms with Gasteiger partial charge in [0.1, 0.15) is 22.3 Å². The van der Waals surface area contributed by atoms with Crippen LogP contribution in [0.1, 0.15) is 0 Å². The first-order valence-corrected chi connectivity index (χ1v) is 14.9. The Morgan fingerprint density at radius 3 is 1.23 bits per heavy atom. The van der Waals surface area contributed by atoms with Crippen molar-refractivity contribution in [2.24, 2.45) is 0 Å². The molecule has 7 aromatic carbocycles. The third-order valence-electron chi connectivity index (χ3n) is 8.72. The van der Waals surface area contributed by atoms with Gasteiger partial charge in [-0.3, -0.25) is 0 Å². The average Bonchev–Trinajstić information content (AvgIpc) is 3.66. The van der Waals surface area contributed by atoms with Crippen LogP contribution in [0.5, 0.6) is 0 Å². The predicted molar refractivity (Wildman–Crippen MR) is 183 cm³/mol. The SMILES string of the molecule is c1ccc(-c2ccc(-c3ccc4oc5c(ccc6oc7ccc(-c8ccc(-c9ccccc9)cc8)cc7c65)c4c3)cc2)cc1. The summed E-state index contributed by atoms with van der Waals surface area (Å²) < 4.78 is 12.9. The van der Waals surface area contributed by atoms with E-state index in [4.69, 9.17) is 8.83 Å². The van der Waals surface area contributed by atoms with E-state index in [1.807, 2.05) is 12.1 Å². The molecule has 0 aliphatic heterocycles. The van der Waals surface area contributed by atoms with Crippen LogP contribution >= 0.6 is 0 Å². The topological polar surface area (TPSA) is 26.3 Å². The summed E-state index contributed by atoms with van der Waals surface area (Å²) in [7, 11) is 0. The summed E-state index contributed by atoms with van der Waals surface area (Å²) in [5, 5.41) is 4.28. The van der Waals surface area contributed by atoms with Crippen LogP contribution in [0.4, 0.5) is 0 Å². The van der Waals surface area contributed by atoms with Gasteiger partial charge in [-0.15, -0.1) is 0 Å². The Kier molecular flexibility index (Phi) is 5.54. The Morgan fingerprint density at radius 1 is 0.273 bits per heavy atom. The lowest BCUT2D eigenvalue weighted by molar-refractivity contribution is 0.663. The van der Waals surface area contributed by atoms with Crippen molar-refractivity contribution in [3.8, 4) is 44.5 Å². The van der Waals surface area contributed by atoms with Gasteiger partial charge in [0.15, 0.2) is 0 Å². The van der Waals surface area contributed by atoms with Gasteiger partial charge in [0.2, 0.25) is 0 Å². The van der Waals surface area contributed by atoms with Crippen LogP contribution in [0.15, 0.2) is 167 Å². The molecule has 0 atom stereocenters. The minimum atomic E-state index is 0.833. The molecule has 9 rings (SSSR count). The molecule has 9 aromatic rings. The van der Waals surface area contributed by atoms with E-state index < -0.39 is 0 Å². The van der Waals surface area contributed by atoms with E-state index in [0.29, 0.717) is 0 Å². The number of benzene rings is 7. The summed E-state index contributed by atoms with van der Waals surface area (Å²) in [4.78, 5) is 0. The van der Waals surface area contributed by atoms with Gasteiger partial charge in [-0.05, 0) is 80.9 Å². The van der Waals surface area contributed by atoms with Gasteiger partial charge in [-0.1, -0.05) is 121 Å². The second kappa shape index (κ2) is 9.86. The first-order chi connectivity index (χ1) is 21.8. The fourth-order valence-electron chi connectivity index (χ4n) is 6.43. The van der Waals surface area contributed by atoms with Crippen LogP contribution in [-0.4, -0.2) is 0 Å². The molecule has 0 radical (unpaired) electrons. The minimum absolute atomic E-state index is 0.833. The van der Waals surface area contributed by atoms with Crippen LogP contribution in [0.3, 0.4) is 0 Å². The normalized spacial score (nSPS) is 11.6. The van der Waals surface area contributed by atoms with Crippen molar-refractivity contribution in [1.29, 1.82) is 0 Å². The summed E-state index contributed by atoms with van der Waals surface area (Å²) in [6.45, 7) is 0. The minimum Gasteiger partial charge on any atom is -0.456 e. The highest BCUT2D eigenvalue weighted by molar-refractivity contribution is 6.22. The lowest BCUT2D eigenvalue weighted by Gasteiger charge is -2.05. The molecule has 0 amide bonds. The van der Waals surface area contributed by atoms with E-state index in [2.05, 4.69) is 146 Å². The first-order valence-electron chi connectivity index (χ1n) is 14.9. The van der Waals surface area contributed by atoms with Crippen molar-refractivity contribution < 1.29 is 8.83 Å². The molecule has 2 heteroatoms. The predicted octanol–water partition coefficient (Wildman–Crippen LogP) is 12.2. The molecule has 0 saturated carbocycles. The molecule has 206 valence electrons.